The molecule has 0 saturated carbocycles. The lowest BCUT2D eigenvalue weighted by Gasteiger charge is -2.45. The number of carbonyl (C=O) groups is 1. The van der Waals surface area contributed by atoms with Gasteiger partial charge in [0.15, 0.2) is 5.82 Å². The van der Waals surface area contributed by atoms with Gasteiger partial charge in [-0.1, -0.05) is 13.8 Å². The van der Waals surface area contributed by atoms with Crippen LogP contribution < -0.4 is 5.32 Å². The minimum atomic E-state index is -0.214. The molecule has 0 unspecified atom stereocenters. The van der Waals surface area contributed by atoms with E-state index in [0.717, 1.165) is 19.5 Å². The van der Waals surface area contributed by atoms with E-state index in [1.807, 2.05) is 0 Å². The maximum absolute atomic E-state index is 12.1. The second-order valence-corrected chi connectivity index (χ2v) is 6.43. The summed E-state index contributed by atoms with van der Waals surface area (Å²) in [6, 6.07) is -0.0234. The maximum Gasteiger partial charge on any atom is 0.234 e. The lowest BCUT2D eigenvalue weighted by atomic mass is 9.84. The molecule has 0 aromatic carbocycles. The maximum atomic E-state index is 12.1. The predicted molar refractivity (Wildman–Crippen MR) is 71.8 cm³/mol. The van der Waals surface area contributed by atoms with Crippen LogP contribution in [-0.4, -0.2) is 58.3 Å². The first-order chi connectivity index (χ1) is 9.53. The largest absolute Gasteiger partial charge is 0.368 e. The first-order valence-electron chi connectivity index (χ1n) is 7.02. The van der Waals surface area contributed by atoms with Gasteiger partial charge in [0.25, 0.3) is 0 Å². The van der Waals surface area contributed by atoms with Gasteiger partial charge in [0.2, 0.25) is 5.91 Å². The van der Waals surface area contributed by atoms with Crippen molar-refractivity contribution < 1.29 is 9.53 Å². The number of aromatic amines is 1. The van der Waals surface area contributed by atoms with E-state index in [9.17, 15) is 4.79 Å². The van der Waals surface area contributed by atoms with E-state index >= 15 is 0 Å². The molecule has 1 aromatic rings. The first-order valence-corrected chi connectivity index (χ1v) is 7.02. The van der Waals surface area contributed by atoms with Crippen molar-refractivity contribution in [3.05, 3.63) is 12.2 Å². The van der Waals surface area contributed by atoms with Gasteiger partial charge in [-0.25, -0.2) is 4.98 Å². The number of likely N-dealkylation sites (tertiary alicyclic amines) is 1. The third kappa shape index (κ3) is 2.83. The molecule has 0 aliphatic carbocycles. The quantitative estimate of drug-likeness (QED) is 0.816. The molecule has 1 amide bonds. The molecule has 110 valence electrons. The number of nitrogens with one attached hydrogen (secondary N) is 2. The van der Waals surface area contributed by atoms with Crippen LogP contribution in [0.5, 0.6) is 0 Å². The Bertz CT molecular complexity index is 465. The first kappa shape index (κ1) is 13.5. The fraction of sp³-hybridized carbons (Fsp3) is 0.769. The van der Waals surface area contributed by atoms with E-state index in [-0.39, 0.29) is 18.1 Å². The molecule has 0 bridgehead atoms. The van der Waals surface area contributed by atoms with Crippen molar-refractivity contribution in [2.75, 3.05) is 26.2 Å². The highest BCUT2D eigenvalue weighted by Gasteiger charge is 2.37. The highest BCUT2D eigenvalue weighted by Crippen LogP contribution is 2.29. The lowest BCUT2D eigenvalue weighted by molar-refractivity contribution is -0.126. The molecule has 20 heavy (non-hydrogen) atoms. The molecule has 2 atom stereocenters. The van der Waals surface area contributed by atoms with Crippen LogP contribution in [0.4, 0.5) is 0 Å². The van der Waals surface area contributed by atoms with E-state index in [0.29, 0.717) is 24.4 Å². The zero-order valence-electron chi connectivity index (χ0n) is 11.9. The standard InChI is InChI=1S/C13H21N5O2/c1-13(2)6-18(7-13)5-10(19)16-9-3-4-20-11(9)12-14-8-15-17-12/h8-9,11H,3-7H2,1-2H3,(H,16,19)(H,14,15,17)/t9-,11+/m0/s1. The third-order valence-electron chi connectivity index (χ3n) is 3.81. The second-order valence-electron chi connectivity index (χ2n) is 6.43. The van der Waals surface area contributed by atoms with Crippen LogP contribution in [-0.2, 0) is 9.53 Å². The summed E-state index contributed by atoms with van der Waals surface area (Å²) in [6.45, 7) is 7.48. The average Bonchev–Trinajstić information content (AvgIpc) is 2.95. The van der Waals surface area contributed by atoms with Crippen molar-refractivity contribution in [1.82, 2.24) is 25.4 Å². The summed E-state index contributed by atoms with van der Waals surface area (Å²) in [7, 11) is 0. The SMILES string of the molecule is CC1(C)CN(CC(=O)N[C@H]2CCO[C@H]2c2ncn[nH]2)C1. The number of ether oxygens (including phenoxy) is 1. The molecule has 0 spiro atoms. The van der Waals surface area contributed by atoms with Gasteiger partial charge in [-0.15, -0.1) is 0 Å². The normalized spacial score (nSPS) is 29.1. The molecule has 2 N–H and O–H groups in total. The van der Waals surface area contributed by atoms with Gasteiger partial charge in [0, 0.05) is 19.7 Å². The zero-order valence-corrected chi connectivity index (χ0v) is 11.9. The summed E-state index contributed by atoms with van der Waals surface area (Å²) in [4.78, 5) is 18.3. The third-order valence-corrected chi connectivity index (χ3v) is 3.81. The van der Waals surface area contributed by atoms with Gasteiger partial charge in [0.05, 0.1) is 12.6 Å². The van der Waals surface area contributed by atoms with E-state index in [1.54, 1.807) is 0 Å². The number of amides is 1. The Morgan fingerprint density at radius 3 is 3.05 bits per heavy atom. The van der Waals surface area contributed by atoms with Gasteiger partial charge in [-0.2, -0.15) is 5.10 Å². The molecule has 1 aromatic heterocycles. The van der Waals surface area contributed by atoms with Gasteiger partial charge in [-0.3, -0.25) is 14.8 Å². The summed E-state index contributed by atoms with van der Waals surface area (Å²) >= 11 is 0. The second kappa shape index (κ2) is 5.14. The van der Waals surface area contributed by atoms with E-state index in [4.69, 9.17) is 4.74 Å². The Morgan fingerprint density at radius 1 is 1.60 bits per heavy atom. The topological polar surface area (TPSA) is 83.1 Å². The predicted octanol–water partition coefficient (Wildman–Crippen LogP) is 0.0927. The number of nitrogens with zero attached hydrogens (tertiary/aromatic N) is 3. The number of rotatable bonds is 4. The van der Waals surface area contributed by atoms with Crippen molar-refractivity contribution >= 4 is 5.91 Å². The Kier molecular flexibility index (Phi) is 3.47. The van der Waals surface area contributed by atoms with Gasteiger partial charge in [0.1, 0.15) is 12.4 Å². The fourth-order valence-electron chi connectivity index (χ4n) is 3.09. The zero-order chi connectivity index (χ0) is 14.2. The summed E-state index contributed by atoms with van der Waals surface area (Å²) in [6.07, 6.45) is 2.05. The molecule has 2 aliphatic rings. The number of hydrogen-bond donors (Lipinski definition) is 2. The molecule has 2 fully saturated rings. The molecule has 2 aliphatic heterocycles. The smallest absolute Gasteiger partial charge is 0.234 e. The van der Waals surface area contributed by atoms with Crippen LogP contribution in [0.2, 0.25) is 0 Å². The number of aromatic nitrogens is 3. The van der Waals surface area contributed by atoms with Crippen molar-refractivity contribution in [3.63, 3.8) is 0 Å². The minimum Gasteiger partial charge on any atom is -0.368 e. The Morgan fingerprint density at radius 2 is 2.40 bits per heavy atom. The molecule has 3 rings (SSSR count). The average molecular weight is 279 g/mol. The van der Waals surface area contributed by atoms with Crippen LogP contribution in [0.1, 0.15) is 32.2 Å². The van der Waals surface area contributed by atoms with Crippen LogP contribution in [0, 0.1) is 5.41 Å². The van der Waals surface area contributed by atoms with Crippen LogP contribution in [0.3, 0.4) is 0 Å². The van der Waals surface area contributed by atoms with Gasteiger partial charge < -0.3 is 10.1 Å². The summed E-state index contributed by atoms with van der Waals surface area (Å²) < 4.78 is 5.63. The number of hydrogen-bond acceptors (Lipinski definition) is 5. The molecular weight excluding hydrogens is 258 g/mol. The molecule has 2 saturated heterocycles. The van der Waals surface area contributed by atoms with Crippen molar-refractivity contribution in [3.8, 4) is 0 Å². The Labute approximate surface area is 118 Å². The Hall–Kier alpha value is -1.47. The highest BCUT2D eigenvalue weighted by molar-refractivity contribution is 5.78. The minimum absolute atomic E-state index is 0.0234. The molecule has 3 heterocycles. The van der Waals surface area contributed by atoms with Gasteiger partial charge in [-0.05, 0) is 11.8 Å². The molecule has 7 heteroatoms. The number of carbonyl (C=O) groups excluding carboxylic acids is 1. The van der Waals surface area contributed by atoms with E-state index < -0.39 is 0 Å². The van der Waals surface area contributed by atoms with Crippen LogP contribution in [0.15, 0.2) is 6.33 Å². The van der Waals surface area contributed by atoms with Crippen molar-refractivity contribution in [1.29, 1.82) is 0 Å². The fourth-order valence-corrected chi connectivity index (χ4v) is 3.09. The number of H-pyrrole nitrogens is 1. The van der Waals surface area contributed by atoms with E-state index in [2.05, 4.69) is 39.2 Å². The highest BCUT2D eigenvalue weighted by atomic mass is 16.5. The van der Waals surface area contributed by atoms with Crippen LogP contribution in [0.25, 0.3) is 0 Å². The van der Waals surface area contributed by atoms with E-state index in [1.165, 1.54) is 6.33 Å². The monoisotopic (exact) mass is 279 g/mol. The summed E-state index contributed by atoms with van der Waals surface area (Å²) in [5.41, 5.74) is 0.346. The summed E-state index contributed by atoms with van der Waals surface area (Å²) in [5, 5.41) is 9.69. The summed E-state index contributed by atoms with van der Waals surface area (Å²) in [5.74, 6) is 0.735. The van der Waals surface area contributed by atoms with Crippen LogP contribution >= 0.6 is 0 Å². The van der Waals surface area contributed by atoms with Crippen molar-refractivity contribution in [2.24, 2.45) is 5.41 Å². The molecular formula is C13H21N5O2. The lowest BCUT2D eigenvalue weighted by Crippen LogP contribution is -2.56. The van der Waals surface area contributed by atoms with Crippen molar-refractivity contribution in [2.45, 2.75) is 32.4 Å². The Balaban J connectivity index is 1.51. The molecule has 0 radical (unpaired) electrons. The van der Waals surface area contributed by atoms with Gasteiger partial charge >= 0.3 is 0 Å². The molecule has 7 nitrogen and oxygen atoms in total.